The number of furan rings is 1. The fraction of sp³-hybridized carbons (Fsp3) is 0.154. The average molecular weight is 378 g/mol. The lowest BCUT2D eigenvalue weighted by atomic mass is 9.87. The zero-order chi connectivity index (χ0) is 20.0. The van der Waals surface area contributed by atoms with Crippen molar-refractivity contribution in [2.75, 3.05) is 0 Å². The highest BCUT2D eigenvalue weighted by molar-refractivity contribution is 6.09. The van der Waals surface area contributed by atoms with E-state index < -0.39 is 0 Å². The Morgan fingerprint density at radius 1 is 0.759 bits per heavy atom. The van der Waals surface area contributed by atoms with E-state index in [1.807, 2.05) is 30.6 Å². The molecule has 3 aromatic heterocycles. The Morgan fingerprint density at radius 2 is 1.59 bits per heavy atom. The maximum Gasteiger partial charge on any atom is 0.227 e. The predicted octanol–water partition coefficient (Wildman–Crippen LogP) is 7.01. The van der Waals surface area contributed by atoms with E-state index >= 15 is 0 Å². The van der Waals surface area contributed by atoms with Crippen LogP contribution >= 0.6 is 0 Å². The molecule has 0 aliphatic rings. The summed E-state index contributed by atoms with van der Waals surface area (Å²) in [5.41, 5.74) is 6.94. The molecule has 0 bridgehead atoms. The van der Waals surface area contributed by atoms with Gasteiger partial charge in [-0.3, -0.25) is 4.98 Å². The van der Waals surface area contributed by atoms with Gasteiger partial charge in [-0.25, -0.2) is 4.98 Å². The fourth-order valence-corrected chi connectivity index (χ4v) is 3.72. The SMILES string of the molecule is CC(C)(C)c1ccnc(-c2cccc3c2oc2ncc(-c4ccccc4)cc23)c1. The number of aromatic nitrogens is 2. The van der Waals surface area contributed by atoms with Gasteiger partial charge < -0.3 is 4.42 Å². The summed E-state index contributed by atoms with van der Waals surface area (Å²) >= 11 is 0. The Hall–Kier alpha value is -3.46. The van der Waals surface area contributed by atoms with E-state index in [1.54, 1.807) is 0 Å². The molecule has 0 aliphatic heterocycles. The van der Waals surface area contributed by atoms with Crippen molar-refractivity contribution in [1.29, 1.82) is 0 Å². The first-order valence-electron chi connectivity index (χ1n) is 9.84. The summed E-state index contributed by atoms with van der Waals surface area (Å²) in [5, 5.41) is 2.08. The van der Waals surface area contributed by atoms with Crippen molar-refractivity contribution in [3.8, 4) is 22.4 Å². The van der Waals surface area contributed by atoms with Gasteiger partial charge in [0.2, 0.25) is 5.71 Å². The van der Waals surface area contributed by atoms with Crippen LogP contribution in [-0.4, -0.2) is 9.97 Å². The Balaban J connectivity index is 1.71. The molecule has 0 atom stereocenters. The van der Waals surface area contributed by atoms with E-state index in [2.05, 4.69) is 79.3 Å². The number of benzene rings is 2. The molecule has 0 radical (unpaired) electrons. The third-order valence-electron chi connectivity index (χ3n) is 5.36. The lowest BCUT2D eigenvalue weighted by molar-refractivity contribution is 0.589. The van der Waals surface area contributed by atoms with E-state index in [0.717, 1.165) is 38.7 Å². The maximum absolute atomic E-state index is 6.20. The fourth-order valence-electron chi connectivity index (χ4n) is 3.72. The van der Waals surface area contributed by atoms with Crippen LogP contribution in [0.4, 0.5) is 0 Å². The summed E-state index contributed by atoms with van der Waals surface area (Å²) in [7, 11) is 0. The van der Waals surface area contributed by atoms with Crippen LogP contribution in [0, 0.1) is 0 Å². The quantitative estimate of drug-likeness (QED) is 0.332. The molecule has 142 valence electrons. The maximum atomic E-state index is 6.20. The summed E-state index contributed by atoms with van der Waals surface area (Å²) in [5.74, 6) is 0. The first kappa shape index (κ1) is 17.6. The number of rotatable bonds is 2. The van der Waals surface area contributed by atoms with Crippen molar-refractivity contribution in [3.05, 3.63) is 84.7 Å². The van der Waals surface area contributed by atoms with Crippen LogP contribution in [-0.2, 0) is 5.41 Å². The molecule has 3 heteroatoms. The highest BCUT2D eigenvalue weighted by Crippen LogP contribution is 2.36. The zero-order valence-electron chi connectivity index (χ0n) is 16.8. The summed E-state index contributed by atoms with van der Waals surface area (Å²) in [6.45, 7) is 6.63. The molecular weight excluding hydrogens is 356 g/mol. The van der Waals surface area contributed by atoms with Crippen molar-refractivity contribution in [1.82, 2.24) is 9.97 Å². The Morgan fingerprint density at radius 3 is 2.38 bits per heavy atom. The zero-order valence-corrected chi connectivity index (χ0v) is 16.8. The molecule has 5 rings (SSSR count). The molecule has 0 aliphatic carbocycles. The minimum Gasteiger partial charge on any atom is -0.437 e. The van der Waals surface area contributed by atoms with Gasteiger partial charge in [0.1, 0.15) is 5.58 Å². The van der Waals surface area contributed by atoms with Crippen LogP contribution in [0.2, 0.25) is 0 Å². The van der Waals surface area contributed by atoms with Gasteiger partial charge in [0.05, 0.1) is 5.69 Å². The average Bonchev–Trinajstić information content (AvgIpc) is 3.12. The monoisotopic (exact) mass is 378 g/mol. The van der Waals surface area contributed by atoms with Crippen molar-refractivity contribution in [2.24, 2.45) is 0 Å². The normalized spacial score (nSPS) is 12.0. The Labute approximate surface area is 170 Å². The first-order valence-corrected chi connectivity index (χ1v) is 9.84. The molecule has 0 N–H and O–H groups in total. The standard InChI is InChI=1S/C26H22N2O/c1-26(2,3)19-12-13-27-23(15-19)21-11-7-10-20-22-14-18(17-8-5-4-6-9-17)16-28-25(22)29-24(20)21/h4-16H,1-3H3. The molecule has 0 saturated heterocycles. The van der Waals surface area contributed by atoms with Gasteiger partial charge in [-0.05, 0) is 40.8 Å². The van der Waals surface area contributed by atoms with E-state index in [1.165, 1.54) is 5.56 Å². The third kappa shape index (κ3) is 3.09. The molecule has 29 heavy (non-hydrogen) atoms. The summed E-state index contributed by atoms with van der Waals surface area (Å²) in [6, 6.07) is 22.9. The highest BCUT2D eigenvalue weighted by atomic mass is 16.3. The van der Waals surface area contributed by atoms with Crippen LogP contribution in [0.1, 0.15) is 26.3 Å². The molecule has 0 unspecified atom stereocenters. The van der Waals surface area contributed by atoms with Gasteiger partial charge >= 0.3 is 0 Å². The second-order valence-electron chi connectivity index (χ2n) is 8.41. The molecular formula is C26H22N2O. The molecule has 5 aromatic rings. The molecule has 3 nitrogen and oxygen atoms in total. The largest absolute Gasteiger partial charge is 0.437 e. The summed E-state index contributed by atoms with van der Waals surface area (Å²) in [6.07, 6.45) is 3.75. The number of pyridine rings is 2. The van der Waals surface area contributed by atoms with Gasteiger partial charge in [-0.1, -0.05) is 63.2 Å². The number of hydrogen-bond acceptors (Lipinski definition) is 3. The van der Waals surface area contributed by atoms with Crippen LogP contribution < -0.4 is 0 Å². The van der Waals surface area contributed by atoms with Crippen LogP contribution in [0.5, 0.6) is 0 Å². The summed E-state index contributed by atoms with van der Waals surface area (Å²) < 4.78 is 6.20. The van der Waals surface area contributed by atoms with Gasteiger partial charge in [0, 0.05) is 34.3 Å². The molecule has 0 spiro atoms. The molecule has 0 amide bonds. The van der Waals surface area contributed by atoms with Crippen molar-refractivity contribution in [3.63, 3.8) is 0 Å². The molecule has 0 saturated carbocycles. The van der Waals surface area contributed by atoms with Crippen LogP contribution in [0.15, 0.2) is 83.5 Å². The minimum absolute atomic E-state index is 0.0611. The lowest BCUT2D eigenvalue weighted by Crippen LogP contribution is -2.11. The van der Waals surface area contributed by atoms with Crippen molar-refractivity contribution < 1.29 is 4.42 Å². The van der Waals surface area contributed by atoms with Gasteiger partial charge in [0.15, 0.2) is 0 Å². The van der Waals surface area contributed by atoms with E-state index in [-0.39, 0.29) is 5.41 Å². The number of fused-ring (bicyclic) bond motifs is 3. The summed E-state index contributed by atoms with van der Waals surface area (Å²) in [4.78, 5) is 9.23. The predicted molar refractivity (Wildman–Crippen MR) is 119 cm³/mol. The van der Waals surface area contributed by atoms with Gasteiger partial charge in [0.25, 0.3) is 0 Å². The van der Waals surface area contributed by atoms with Crippen molar-refractivity contribution >= 4 is 22.1 Å². The third-order valence-corrected chi connectivity index (χ3v) is 5.36. The first-order chi connectivity index (χ1) is 14.0. The Kier molecular flexibility index (Phi) is 3.99. The van der Waals surface area contributed by atoms with E-state index in [4.69, 9.17) is 4.42 Å². The van der Waals surface area contributed by atoms with Crippen LogP contribution in [0.3, 0.4) is 0 Å². The Bertz CT molecular complexity index is 1330. The smallest absolute Gasteiger partial charge is 0.227 e. The molecule has 2 aromatic carbocycles. The lowest BCUT2D eigenvalue weighted by Gasteiger charge is -2.19. The molecule has 3 heterocycles. The van der Waals surface area contributed by atoms with E-state index in [0.29, 0.717) is 5.71 Å². The second-order valence-corrected chi connectivity index (χ2v) is 8.41. The number of nitrogens with zero attached hydrogens (tertiary/aromatic N) is 2. The number of hydrogen-bond donors (Lipinski definition) is 0. The van der Waals surface area contributed by atoms with Gasteiger partial charge in [-0.15, -0.1) is 0 Å². The van der Waals surface area contributed by atoms with E-state index in [9.17, 15) is 0 Å². The highest BCUT2D eigenvalue weighted by Gasteiger charge is 2.18. The second kappa shape index (κ2) is 6.56. The molecule has 0 fully saturated rings. The minimum atomic E-state index is 0.0611. The topological polar surface area (TPSA) is 38.9 Å². The van der Waals surface area contributed by atoms with Gasteiger partial charge in [-0.2, -0.15) is 0 Å². The van der Waals surface area contributed by atoms with Crippen LogP contribution in [0.25, 0.3) is 44.5 Å². The van der Waals surface area contributed by atoms with Crippen molar-refractivity contribution in [2.45, 2.75) is 26.2 Å². The number of para-hydroxylation sites is 1.